The van der Waals surface area contributed by atoms with E-state index in [1.807, 2.05) is 44.2 Å². The molecule has 2 aromatic rings. The molecule has 0 unspecified atom stereocenters. The van der Waals surface area contributed by atoms with Crippen LogP contribution in [0.4, 0.5) is 5.69 Å². The zero-order chi connectivity index (χ0) is 21.4. The van der Waals surface area contributed by atoms with Gasteiger partial charge in [0.25, 0.3) is 0 Å². The number of rotatable bonds is 9. The van der Waals surface area contributed by atoms with E-state index < -0.39 is 0 Å². The summed E-state index contributed by atoms with van der Waals surface area (Å²) >= 11 is 0. The van der Waals surface area contributed by atoms with E-state index in [1.165, 1.54) is 0 Å². The summed E-state index contributed by atoms with van der Waals surface area (Å²) in [6.07, 6.45) is 1.05. The van der Waals surface area contributed by atoms with Gasteiger partial charge in [0.15, 0.2) is 0 Å². The zero-order valence-electron chi connectivity index (χ0n) is 18.0. The lowest BCUT2D eigenvalue weighted by molar-refractivity contribution is -0.135. The molecule has 156 valence electrons. The first-order valence-electron chi connectivity index (χ1n) is 9.99. The van der Waals surface area contributed by atoms with Crippen LogP contribution in [-0.4, -0.2) is 25.1 Å². The highest BCUT2D eigenvalue weighted by Gasteiger charge is 2.20. The minimum absolute atomic E-state index is 0.0967. The van der Waals surface area contributed by atoms with Crippen molar-refractivity contribution in [2.45, 2.75) is 47.5 Å². The Hall–Kier alpha value is -2.82. The summed E-state index contributed by atoms with van der Waals surface area (Å²) in [7, 11) is 0. The molecule has 29 heavy (non-hydrogen) atoms. The molecule has 0 heterocycles. The number of aryl methyl sites for hydroxylation is 2. The standard InChI is InChI=1S/C24H31NO4/c1-6-28-23(27)19-9-11-20(12-10-19)25-16-24(4,5)14-13-22(26)29-21-15-17(2)7-8-18(21)3/h7-12,15,25H,6,13-14,16H2,1-5H3. The summed E-state index contributed by atoms with van der Waals surface area (Å²) in [6.45, 7) is 11.0. The Balaban J connectivity index is 1.82. The Bertz CT molecular complexity index is 840. The second kappa shape index (κ2) is 10.1. The number of ether oxygens (including phenoxy) is 2. The molecule has 5 nitrogen and oxygen atoms in total. The molecule has 0 amide bonds. The predicted octanol–water partition coefficient (Wildman–Crippen LogP) is 5.30. The number of carbonyl (C=O) groups excluding carboxylic acids is 2. The molecule has 5 heteroatoms. The number of esters is 2. The van der Waals surface area contributed by atoms with Crippen molar-refractivity contribution < 1.29 is 19.1 Å². The van der Waals surface area contributed by atoms with Crippen molar-refractivity contribution in [2.75, 3.05) is 18.5 Å². The molecular weight excluding hydrogens is 366 g/mol. The van der Waals surface area contributed by atoms with Crippen molar-refractivity contribution in [3.05, 3.63) is 59.2 Å². The van der Waals surface area contributed by atoms with E-state index in [9.17, 15) is 9.59 Å². The van der Waals surface area contributed by atoms with Crippen LogP contribution in [0.15, 0.2) is 42.5 Å². The van der Waals surface area contributed by atoms with Crippen molar-refractivity contribution in [1.29, 1.82) is 0 Å². The van der Waals surface area contributed by atoms with Gasteiger partial charge in [-0.05, 0) is 74.1 Å². The smallest absolute Gasteiger partial charge is 0.338 e. The molecule has 0 atom stereocenters. The second-order valence-corrected chi connectivity index (χ2v) is 8.06. The largest absolute Gasteiger partial charge is 0.462 e. The predicted molar refractivity (Wildman–Crippen MR) is 115 cm³/mol. The fourth-order valence-corrected chi connectivity index (χ4v) is 2.80. The summed E-state index contributed by atoms with van der Waals surface area (Å²) in [5.74, 6) is 0.0972. The molecular formula is C24H31NO4. The molecule has 0 aliphatic rings. The quantitative estimate of drug-likeness (QED) is 0.459. The fourth-order valence-electron chi connectivity index (χ4n) is 2.80. The molecule has 2 rings (SSSR count). The van der Waals surface area contributed by atoms with Crippen LogP contribution in [0.1, 0.15) is 55.1 Å². The highest BCUT2D eigenvalue weighted by atomic mass is 16.5. The van der Waals surface area contributed by atoms with Crippen molar-refractivity contribution >= 4 is 17.6 Å². The number of benzene rings is 2. The normalized spacial score (nSPS) is 11.1. The Morgan fingerprint density at radius 1 is 1.03 bits per heavy atom. The van der Waals surface area contributed by atoms with E-state index in [0.29, 0.717) is 37.3 Å². The van der Waals surface area contributed by atoms with Crippen molar-refractivity contribution in [2.24, 2.45) is 5.41 Å². The van der Waals surface area contributed by atoms with Crippen LogP contribution in [0.3, 0.4) is 0 Å². The lowest BCUT2D eigenvalue weighted by atomic mass is 9.87. The van der Waals surface area contributed by atoms with Crippen molar-refractivity contribution in [3.8, 4) is 5.75 Å². The molecule has 2 aromatic carbocycles. The number of carbonyl (C=O) groups is 2. The Morgan fingerprint density at radius 3 is 2.38 bits per heavy atom. The molecule has 0 aromatic heterocycles. The highest BCUT2D eigenvalue weighted by molar-refractivity contribution is 5.89. The van der Waals surface area contributed by atoms with Crippen LogP contribution in [0.25, 0.3) is 0 Å². The van der Waals surface area contributed by atoms with Gasteiger partial charge in [-0.3, -0.25) is 4.79 Å². The molecule has 0 aliphatic heterocycles. The number of hydrogen-bond donors (Lipinski definition) is 1. The van der Waals surface area contributed by atoms with E-state index in [1.54, 1.807) is 19.1 Å². The molecule has 0 saturated carbocycles. The molecule has 0 saturated heterocycles. The maximum Gasteiger partial charge on any atom is 0.338 e. The van der Waals surface area contributed by atoms with Crippen LogP contribution in [0, 0.1) is 19.3 Å². The van der Waals surface area contributed by atoms with Gasteiger partial charge in [0, 0.05) is 18.7 Å². The lowest BCUT2D eigenvalue weighted by Gasteiger charge is -2.25. The van der Waals surface area contributed by atoms with Gasteiger partial charge in [-0.25, -0.2) is 4.79 Å². The Morgan fingerprint density at radius 2 is 1.72 bits per heavy atom. The summed E-state index contributed by atoms with van der Waals surface area (Å²) in [6, 6.07) is 13.1. The lowest BCUT2D eigenvalue weighted by Crippen LogP contribution is -2.25. The van der Waals surface area contributed by atoms with Crippen LogP contribution in [-0.2, 0) is 9.53 Å². The second-order valence-electron chi connectivity index (χ2n) is 8.06. The average molecular weight is 398 g/mol. The summed E-state index contributed by atoms with van der Waals surface area (Å²) in [5, 5.41) is 3.37. The van der Waals surface area contributed by atoms with Gasteiger partial charge in [-0.2, -0.15) is 0 Å². The summed E-state index contributed by atoms with van der Waals surface area (Å²) in [4.78, 5) is 24.0. The summed E-state index contributed by atoms with van der Waals surface area (Å²) < 4.78 is 10.5. The monoisotopic (exact) mass is 397 g/mol. The molecule has 0 radical (unpaired) electrons. The molecule has 0 fully saturated rings. The van der Waals surface area contributed by atoms with Gasteiger partial charge < -0.3 is 14.8 Å². The topological polar surface area (TPSA) is 64.6 Å². The first-order chi connectivity index (χ1) is 13.7. The number of nitrogens with one attached hydrogen (secondary N) is 1. The first-order valence-corrected chi connectivity index (χ1v) is 9.99. The number of hydrogen-bond acceptors (Lipinski definition) is 5. The minimum Gasteiger partial charge on any atom is -0.462 e. The maximum atomic E-state index is 12.3. The van der Waals surface area contributed by atoms with Gasteiger partial charge in [0.2, 0.25) is 0 Å². The molecule has 0 aliphatic carbocycles. The minimum atomic E-state index is -0.318. The average Bonchev–Trinajstić information content (AvgIpc) is 2.68. The van der Waals surface area contributed by atoms with Gasteiger partial charge in [0.1, 0.15) is 5.75 Å². The van der Waals surface area contributed by atoms with Crippen LogP contribution in [0.5, 0.6) is 5.75 Å². The third-order valence-corrected chi connectivity index (χ3v) is 4.74. The maximum absolute atomic E-state index is 12.3. The van der Waals surface area contributed by atoms with Gasteiger partial charge >= 0.3 is 11.9 Å². The fraction of sp³-hybridized carbons (Fsp3) is 0.417. The van der Waals surface area contributed by atoms with Crippen molar-refractivity contribution in [1.82, 2.24) is 0 Å². The number of anilines is 1. The van der Waals surface area contributed by atoms with E-state index in [2.05, 4.69) is 19.2 Å². The van der Waals surface area contributed by atoms with Gasteiger partial charge in [0.05, 0.1) is 12.2 Å². The SMILES string of the molecule is CCOC(=O)c1ccc(NCC(C)(C)CCC(=O)Oc2cc(C)ccc2C)cc1. The first kappa shape index (κ1) is 22.5. The van der Waals surface area contributed by atoms with Gasteiger partial charge in [-0.1, -0.05) is 26.0 Å². The van der Waals surface area contributed by atoms with Gasteiger partial charge in [-0.15, -0.1) is 0 Å². The zero-order valence-corrected chi connectivity index (χ0v) is 18.0. The van der Waals surface area contributed by atoms with E-state index in [0.717, 1.165) is 16.8 Å². The Labute approximate surface area is 173 Å². The van der Waals surface area contributed by atoms with E-state index in [4.69, 9.17) is 9.47 Å². The third-order valence-electron chi connectivity index (χ3n) is 4.74. The van der Waals surface area contributed by atoms with Crippen LogP contribution >= 0.6 is 0 Å². The molecule has 0 spiro atoms. The summed E-state index contributed by atoms with van der Waals surface area (Å²) in [5.41, 5.74) is 3.38. The van der Waals surface area contributed by atoms with Crippen LogP contribution in [0.2, 0.25) is 0 Å². The highest BCUT2D eigenvalue weighted by Crippen LogP contribution is 2.25. The van der Waals surface area contributed by atoms with Crippen molar-refractivity contribution in [3.63, 3.8) is 0 Å². The molecule has 0 bridgehead atoms. The third kappa shape index (κ3) is 7.26. The Kier molecular flexibility index (Phi) is 7.82. The molecule has 1 N–H and O–H groups in total. The van der Waals surface area contributed by atoms with E-state index in [-0.39, 0.29) is 17.4 Å². The van der Waals surface area contributed by atoms with E-state index >= 15 is 0 Å². The van der Waals surface area contributed by atoms with Crippen LogP contribution < -0.4 is 10.1 Å².